The first-order valence-corrected chi connectivity index (χ1v) is 6.29. The van der Waals surface area contributed by atoms with E-state index in [1.54, 1.807) is 4.40 Å². The zero-order valence-electron chi connectivity index (χ0n) is 10.6. The van der Waals surface area contributed by atoms with Crippen molar-refractivity contribution in [2.45, 2.75) is 0 Å². The molecular weight excluding hydrogens is 250 g/mol. The lowest BCUT2D eigenvalue weighted by atomic mass is 10.2. The van der Waals surface area contributed by atoms with Crippen LogP contribution in [0.5, 0.6) is 0 Å². The van der Waals surface area contributed by atoms with Crippen LogP contribution in [0, 0.1) is 0 Å². The molecule has 2 N–H and O–H groups in total. The Morgan fingerprint density at radius 3 is 2.40 bits per heavy atom. The second-order valence-electron chi connectivity index (χ2n) is 4.51. The van der Waals surface area contributed by atoms with E-state index in [4.69, 9.17) is 5.73 Å². The quantitative estimate of drug-likeness (QED) is 0.571. The van der Waals surface area contributed by atoms with Crippen molar-refractivity contribution in [3.8, 4) is 11.4 Å². The maximum Gasteiger partial charge on any atom is 0.239 e. The van der Waals surface area contributed by atoms with Crippen LogP contribution in [-0.2, 0) is 0 Å². The molecule has 5 nitrogen and oxygen atoms in total. The molecule has 0 fully saturated rings. The van der Waals surface area contributed by atoms with Gasteiger partial charge in [-0.1, -0.05) is 42.5 Å². The average Bonchev–Trinajstić information content (AvgIpc) is 2.87. The molecule has 0 aliphatic heterocycles. The van der Waals surface area contributed by atoms with Crippen molar-refractivity contribution in [1.82, 2.24) is 19.4 Å². The molecule has 0 spiro atoms. The van der Waals surface area contributed by atoms with E-state index in [1.807, 2.05) is 54.6 Å². The number of nitrogens with zero attached hydrogens (tertiary/aromatic N) is 4. The lowest BCUT2D eigenvalue weighted by Gasteiger charge is -2.03. The van der Waals surface area contributed by atoms with E-state index in [0.29, 0.717) is 17.6 Å². The number of benzene rings is 2. The van der Waals surface area contributed by atoms with Crippen LogP contribution in [0.25, 0.3) is 28.2 Å². The van der Waals surface area contributed by atoms with Crippen molar-refractivity contribution in [3.63, 3.8) is 0 Å². The van der Waals surface area contributed by atoms with Gasteiger partial charge in [0, 0.05) is 5.56 Å². The molecule has 4 aromatic rings. The van der Waals surface area contributed by atoms with E-state index in [9.17, 15) is 0 Å². The molecule has 0 saturated heterocycles. The van der Waals surface area contributed by atoms with Gasteiger partial charge in [-0.15, -0.1) is 0 Å². The molecule has 0 bridgehead atoms. The van der Waals surface area contributed by atoms with Crippen molar-refractivity contribution in [1.29, 1.82) is 0 Å². The van der Waals surface area contributed by atoms with Crippen LogP contribution < -0.4 is 5.73 Å². The van der Waals surface area contributed by atoms with Crippen LogP contribution in [0.15, 0.2) is 54.6 Å². The molecule has 4 rings (SSSR count). The molecular formula is C15H11N5. The minimum atomic E-state index is 0.391. The number of nitrogen functional groups attached to an aromatic ring is 1. The van der Waals surface area contributed by atoms with Crippen molar-refractivity contribution < 1.29 is 0 Å². The fourth-order valence-electron chi connectivity index (χ4n) is 2.31. The summed E-state index contributed by atoms with van der Waals surface area (Å²) in [4.78, 5) is 13.4. The van der Waals surface area contributed by atoms with Crippen LogP contribution >= 0.6 is 0 Å². The standard InChI is InChI=1S/C15H11N5/c16-14-18-13(10-6-2-1-3-7-10)19-15-17-11-8-4-5-9-12(11)20(14)15/h1-9H,(H2,16,17,18,19). The summed E-state index contributed by atoms with van der Waals surface area (Å²) in [6.45, 7) is 0. The Morgan fingerprint density at radius 1 is 0.800 bits per heavy atom. The number of para-hydroxylation sites is 2. The summed E-state index contributed by atoms with van der Waals surface area (Å²) < 4.78 is 1.77. The SMILES string of the molecule is Nc1nc(-c2ccccc2)nc2nc3ccccc3n12. The van der Waals surface area contributed by atoms with Crippen molar-refractivity contribution in [2.24, 2.45) is 0 Å². The van der Waals surface area contributed by atoms with Gasteiger partial charge >= 0.3 is 0 Å². The molecule has 0 amide bonds. The molecule has 0 radical (unpaired) electrons. The highest BCUT2D eigenvalue weighted by atomic mass is 15.2. The predicted octanol–water partition coefficient (Wildman–Crippen LogP) is 2.53. The Kier molecular flexibility index (Phi) is 2.20. The third-order valence-corrected chi connectivity index (χ3v) is 3.23. The van der Waals surface area contributed by atoms with Crippen molar-refractivity contribution >= 4 is 22.8 Å². The molecule has 96 valence electrons. The topological polar surface area (TPSA) is 69.1 Å². The first kappa shape index (κ1) is 10.9. The van der Waals surface area contributed by atoms with Crippen LogP contribution in [-0.4, -0.2) is 19.4 Å². The number of aromatic nitrogens is 4. The second kappa shape index (κ2) is 4.03. The highest BCUT2D eigenvalue weighted by molar-refractivity contribution is 5.81. The van der Waals surface area contributed by atoms with Gasteiger partial charge in [-0.3, -0.25) is 0 Å². The lowest BCUT2D eigenvalue weighted by Crippen LogP contribution is -2.04. The molecule has 0 unspecified atom stereocenters. The summed E-state index contributed by atoms with van der Waals surface area (Å²) in [5.74, 6) is 1.55. The van der Waals surface area contributed by atoms with Crippen LogP contribution in [0.3, 0.4) is 0 Å². The van der Waals surface area contributed by atoms with Crippen molar-refractivity contribution in [3.05, 3.63) is 54.6 Å². The van der Waals surface area contributed by atoms with Gasteiger partial charge in [0.1, 0.15) is 0 Å². The maximum absolute atomic E-state index is 6.08. The van der Waals surface area contributed by atoms with Gasteiger partial charge < -0.3 is 5.73 Å². The molecule has 0 aliphatic rings. The molecule has 2 aromatic heterocycles. The number of nitrogens with two attached hydrogens (primary N) is 1. The zero-order chi connectivity index (χ0) is 13.5. The van der Waals surface area contributed by atoms with E-state index in [-0.39, 0.29) is 0 Å². The number of rotatable bonds is 1. The van der Waals surface area contributed by atoms with Gasteiger partial charge in [0.15, 0.2) is 5.82 Å². The van der Waals surface area contributed by atoms with E-state index >= 15 is 0 Å². The first-order chi connectivity index (χ1) is 9.83. The fourth-order valence-corrected chi connectivity index (χ4v) is 2.31. The van der Waals surface area contributed by atoms with Gasteiger partial charge in [0.05, 0.1) is 11.0 Å². The summed E-state index contributed by atoms with van der Waals surface area (Å²) in [5.41, 5.74) is 8.78. The summed E-state index contributed by atoms with van der Waals surface area (Å²) in [6.07, 6.45) is 0. The lowest BCUT2D eigenvalue weighted by molar-refractivity contribution is 1.05. The second-order valence-corrected chi connectivity index (χ2v) is 4.51. The molecule has 0 saturated carbocycles. The summed E-state index contributed by atoms with van der Waals surface area (Å²) >= 11 is 0. The van der Waals surface area contributed by atoms with E-state index in [0.717, 1.165) is 16.6 Å². The Bertz CT molecular complexity index is 912. The molecule has 0 aliphatic carbocycles. The van der Waals surface area contributed by atoms with Crippen LogP contribution in [0.2, 0.25) is 0 Å². The third-order valence-electron chi connectivity index (χ3n) is 3.23. The van der Waals surface area contributed by atoms with Crippen LogP contribution in [0.4, 0.5) is 5.95 Å². The van der Waals surface area contributed by atoms with Crippen LogP contribution in [0.1, 0.15) is 0 Å². The van der Waals surface area contributed by atoms with Gasteiger partial charge in [-0.05, 0) is 12.1 Å². The highest BCUT2D eigenvalue weighted by Gasteiger charge is 2.11. The Balaban J connectivity index is 2.06. The average molecular weight is 261 g/mol. The molecule has 0 atom stereocenters. The minimum absolute atomic E-state index is 0.391. The summed E-state index contributed by atoms with van der Waals surface area (Å²) in [6, 6.07) is 17.5. The monoisotopic (exact) mass is 261 g/mol. The van der Waals surface area contributed by atoms with E-state index in [2.05, 4.69) is 15.0 Å². The van der Waals surface area contributed by atoms with Gasteiger partial charge in [-0.2, -0.15) is 9.97 Å². The zero-order valence-corrected chi connectivity index (χ0v) is 10.6. The van der Waals surface area contributed by atoms with Crippen molar-refractivity contribution in [2.75, 3.05) is 5.73 Å². The van der Waals surface area contributed by atoms with Gasteiger partial charge in [0.25, 0.3) is 0 Å². The number of anilines is 1. The molecule has 2 heterocycles. The number of imidazole rings is 1. The first-order valence-electron chi connectivity index (χ1n) is 6.29. The minimum Gasteiger partial charge on any atom is -0.369 e. The number of fused-ring (bicyclic) bond motifs is 3. The molecule has 5 heteroatoms. The number of hydrogen-bond donors (Lipinski definition) is 1. The predicted molar refractivity (Wildman–Crippen MR) is 78.1 cm³/mol. The van der Waals surface area contributed by atoms with E-state index < -0.39 is 0 Å². The normalized spacial score (nSPS) is 11.2. The fraction of sp³-hybridized carbons (Fsp3) is 0. The highest BCUT2D eigenvalue weighted by Crippen LogP contribution is 2.21. The maximum atomic E-state index is 6.08. The molecule has 20 heavy (non-hydrogen) atoms. The van der Waals surface area contributed by atoms with E-state index in [1.165, 1.54) is 0 Å². The van der Waals surface area contributed by atoms with Gasteiger partial charge in [-0.25, -0.2) is 9.38 Å². The van der Waals surface area contributed by atoms with Gasteiger partial charge in [0.2, 0.25) is 11.7 Å². The Morgan fingerprint density at radius 2 is 1.55 bits per heavy atom. The smallest absolute Gasteiger partial charge is 0.239 e. The summed E-state index contributed by atoms with van der Waals surface area (Å²) in [5, 5.41) is 0. The molecule has 2 aromatic carbocycles. The summed E-state index contributed by atoms with van der Waals surface area (Å²) in [7, 11) is 0. The Hall–Kier alpha value is -2.95. The number of hydrogen-bond acceptors (Lipinski definition) is 4. The largest absolute Gasteiger partial charge is 0.369 e. The third kappa shape index (κ3) is 1.53. The Labute approximate surface area is 114 Å².